The van der Waals surface area contributed by atoms with Crippen LogP contribution in [0.3, 0.4) is 0 Å². The lowest BCUT2D eigenvalue weighted by atomic mass is 10.2. The van der Waals surface area contributed by atoms with Crippen molar-refractivity contribution in [3.63, 3.8) is 0 Å². The Morgan fingerprint density at radius 2 is 1.83 bits per heavy atom. The third-order valence-corrected chi connectivity index (χ3v) is 4.17. The predicted octanol–water partition coefficient (Wildman–Crippen LogP) is 1.20. The van der Waals surface area contributed by atoms with Crippen LogP contribution in [0.15, 0.2) is 18.2 Å². The Labute approximate surface area is 142 Å². The monoisotopic (exact) mass is 335 g/mol. The van der Waals surface area contributed by atoms with Crippen molar-refractivity contribution in [2.75, 3.05) is 52.3 Å². The molecular weight excluding hydrogens is 310 g/mol. The topological polar surface area (TPSA) is 71.1 Å². The van der Waals surface area contributed by atoms with Crippen molar-refractivity contribution in [3.8, 4) is 11.5 Å². The number of carbonyl (C=O) groups is 2. The van der Waals surface area contributed by atoms with E-state index in [1.54, 1.807) is 30.2 Å². The second-order valence-corrected chi connectivity index (χ2v) is 5.61. The number of ether oxygens (including phenoxy) is 2. The molecule has 24 heavy (non-hydrogen) atoms. The molecule has 1 aromatic rings. The average Bonchev–Trinajstić information content (AvgIpc) is 2.61. The minimum absolute atomic E-state index is 0.143. The van der Waals surface area contributed by atoms with Crippen molar-refractivity contribution in [1.82, 2.24) is 9.80 Å². The maximum absolute atomic E-state index is 12.2. The molecule has 0 bridgehead atoms. The summed E-state index contributed by atoms with van der Waals surface area (Å²) in [7, 11) is 3.08. The normalized spacial score (nSPS) is 15.0. The molecule has 1 heterocycles. The second kappa shape index (κ2) is 8.54. The van der Waals surface area contributed by atoms with E-state index >= 15 is 0 Å². The second-order valence-electron chi connectivity index (χ2n) is 5.61. The SMILES string of the molecule is CCN1CCN(C(=O)CC(=O)Nc2ccc(OC)cc2OC)CC1. The fourth-order valence-corrected chi connectivity index (χ4v) is 2.66. The number of methoxy groups -OCH3 is 2. The Balaban J connectivity index is 1.90. The Hall–Kier alpha value is -2.28. The van der Waals surface area contributed by atoms with Crippen molar-refractivity contribution < 1.29 is 19.1 Å². The van der Waals surface area contributed by atoms with Gasteiger partial charge in [-0.15, -0.1) is 0 Å². The molecule has 0 saturated carbocycles. The predicted molar refractivity (Wildman–Crippen MR) is 91.5 cm³/mol. The van der Waals surface area contributed by atoms with Gasteiger partial charge in [-0.05, 0) is 18.7 Å². The summed E-state index contributed by atoms with van der Waals surface area (Å²) >= 11 is 0. The molecule has 1 saturated heterocycles. The number of rotatable bonds is 6. The quantitative estimate of drug-likeness (QED) is 0.791. The van der Waals surface area contributed by atoms with E-state index in [0.29, 0.717) is 30.3 Å². The number of nitrogens with one attached hydrogen (secondary N) is 1. The molecule has 1 N–H and O–H groups in total. The van der Waals surface area contributed by atoms with Gasteiger partial charge < -0.3 is 24.6 Å². The zero-order valence-corrected chi connectivity index (χ0v) is 14.5. The van der Waals surface area contributed by atoms with E-state index in [0.717, 1.165) is 19.6 Å². The van der Waals surface area contributed by atoms with Crippen molar-refractivity contribution >= 4 is 17.5 Å². The fourth-order valence-electron chi connectivity index (χ4n) is 2.66. The summed E-state index contributed by atoms with van der Waals surface area (Å²) in [6, 6.07) is 5.10. The Kier molecular flexibility index (Phi) is 6.43. The number of hydrogen-bond acceptors (Lipinski definition) is 5. The number of nitrogens with zero attached hydrogens (tertiary/aromatic N) is 2. The van der Waals surface area contributed by atoms with Crippen LogP contribution in [0.4, 0.5) is 5.69 Å². The fraction of sp³-hybridized carbons (Fsp3) is 0.529. The van der Waals surface area contributed by atoms with Crippen LogP contribution in [0.2, 0.25) is 0 Å². The summed E-state index contributed by atoms with van der Waals surface area (Å²) in [5, 5.41) is 2.73. The van der Waals surface area contributed by atoms with Crippen LogP contribution in [0.5, 0.6) is 11.5 Å². The number of piperazine rings is 1. The molecule has 0 atom stereocenters. The Morgan fingerprint density at radius 3 is 2.42 bits per heavy atom. The van der Waals surface area contributed by atoms with Crippen LogP contribution in [-0.2, 0) is 9.59 Å². The van der Waals surface area contributed by atoms with E-state index in [4.69, 9.17) is 9.47 Å². The summed E-state index contributed by atoms with van der Waals surface area (Å²) in [5.41, 5.74) is 0.520. The van der Waals surface area contributed by atoms with Gasteiger partial charge in [-0.2, -0.15) is 0 Å². The Bertz CT molecular complexity index is 583. The minimum atomic E-state index is -0.346. The highest BCUT2D eigenvalue weighted by Gasteiger charge is 2.22. The Morgan fingerprint density at radius 1 is 1.12 bits per heavy atom. The summed E-state index contributed by atoms with van der Waals surface area (Å²) in [6.07, 6.45) is -0.165. The zero-order chi connectivity index (χ0) is 17.5. The van der Waals surface area contributed by atoms with Gasteiger partial charge in [-0.1, -0.05) is 6.92 Å². The van der Waals surface area contributed by atoms with E-state index in [-0.39, 0.29) is 18.2 Å². The van der Waals surface area contributed by atoms with Crippen molar-refractivity contribution in [2.24, 2.45) is 0 Å². The van der Waals surface area contributed by atoms with Crippen LogP contribution < -0.4 is 14.8 Å². The molecule has 1 aliphatic rings. The van der Waals surface area contributed by atoms with E-state index in [1.165, 1.54) is 7.11 Å². The molecule has 2 amide bonds. The zero-order valence-electron chi connectivity index (χ0n) is 14.5. The van der Waals surface area contributed by atoms with Gasteiger partial charge in [0.05, 0.1) is 19.9 Å². The van der Waals surface area contributed by atoms with Crippen molar-refractivity contribution in [1.29, 1.82) is 0 Å². The van der Waals surface area contributed by atoms with E-state index in [2.05, 4.69) is 17.1 Å². The van der Waals surface area contributed by atoms with Gasteiger partial charge in [0.15, 0.2) is 0 Å². The standard InChI is InChI=1S/C17H25N3O4/c1-4-19-7-9-20(10-8-19)17(22)12-16(21)18-14-6-5-13(23-2)11-15(14)24-3/h5-6,11H,4,7-10,12H2,1-3H3,(H,18,21). The average molecular weight is 335 g/mol. The number of carbonyl (C=O) groups excluding carboxylic acids is 2. The van der Waals surface area contributed by atoms with Gasteiger partial charge in [0, 0.05) is 32.2 Å². The van der Waals surface area contributed by atoms with Crippen molar-refractivity contribution in [2.45, 2.75) is 13.3 Å². The lowest BCUT2D eigenvalue weighted by molar-refractivity contribution is -0.136. The highest BCUT2D eigenvalue weighted by atomic mass is 16.5. The number of amides is 2. The maximum atomic E-state index is 12.2. The molecule has 2 rings (SSSR count). The van der Waals surface area contributed by atoms with Gasteiger partial charge in [-0.3, -0.25) is 9.59 Å². The number of benzene rings is 1. The van der Waals surface area contributed by atoms with E-state index in [1.807, 2.05) is 0 Å². The molecule has 1 aromatic carbocycles. The smallest absolute Gasteiger partial charge is 0.233 e. The molecule has 0 spiro atoms. The van der Waals surface area contributed by atoms with Crippen LogP contribution >= 0.6 is 0 Å². The van der Waals surface area contributed by atoms with E-state index < -0.39 is 0 Å². The number of hydrogen-bond donors (Lipinski definition) is 1. The largest absolute Gasteiger partial charge is 0.497 e. The maximum Gasteiger partial charge on any atom is 0.233 e. The van der Waals surface area contributed by atoms with Gasteiger partial charge in [0.1, 0.15) is 17.9 Å². The minimum Gasteiger partial charge on any atom is -0.497 e. The van der Waals surface area contributed by atoms with Crippen LogP contribution in [0, 0.1) is 0 Å². The summed E-state index contributed by atoms with van der Waals surface area (Å²) in [4.78, 5) is 28.4. The first-order valence-corrected chi connectivity index (χ1v) is 8.09. The molecule has 1 fully saturated rings. The molecule has 0 aromatic heterocycles. The first-order chi connectivity index (χ1) is 11.6. The molecule has 132 valence electrons. The molecule has 0 aliphatic carbocycles. The van der Waals surface area contributed by atoms with Crippen molar-refractivity contribution in [3.05, 3.63) is 18.2 Å². The summed E-state index contributed by atoms with van der Waals surface area (Å²) < 4.78 is 10.4. The van der Waals surface area contributed by atoms with Gasteiger partial charge in [-0.25, -0.2) is 0 Å². The van der Waals surface area contributed by atoms with Crippen LogP contribution in [0.25, 0.3) is 0 Å². The number of likely N-dealkylation sites (N-methyl/N-ethyl adjacent to an activating group) is 1. The summed E-state index contributed by atoms with van der Waals surface area (Å²) in [5.74, 6) is 0.638. The number of anilines is 1. The van der Waals surface area contributed by atoms with Crippen LogP contribution in [-0.4, -0.2) is 68.6 Å². The third kappa shape index (κ3) is 4.61. The molecule has 7 nitrogen and oxygen atoms in total. The highest BCUT2D eigenvalue weighted by molar-refractivity contribution is 6.04. The van der Waals surface area contributed by atoms with Crippen LogP contribution in [0.1, 0.15) is 13.3 Å². The first kappa shape index (κ1) is 18.1. The molecule has 7 heteroatoms. The van der Waals surface area contributed by atoms with Gasteiger partial charge in [0.2, 0.25) is 11.8 Å². The molecule has 0 radical (unpaired) electrons. The highest BCUT2D eigenvalue weighted by Crippen LogP contribution is 2.29. The third-order valence-electron chi connectivity index (χ3n) is 4.17. The first-order valence-electron chi connectivity index (χ1n) is 8.09. The molecule has 1 aliphatic heterocycles. The summed E-state index contributed by atoms with van der Waals surface area (Å²) in [6.45, 7) is 6.15. The molecule has 0 unspecified atom stereocenters. The van der Waals surface area contributed by atoms with Gasteiger partial charge in [0.25, 0.3) is 0 Å². The lowest BCUT2D eigenvalue weighted by Gasteiger charge is -2.34. The van der Waals surface area contributed by atoms with E-state index in [9.17, 15) is 9.59 Å². The van der Waals surface area contributed by atoms with Gasteiger partial charge >= 0.3 is 0 Å². The molecular formula is C17H25N3O4. The lowest BCUT2D eigenvalue weighted by Crippen LogP contribution is -2.49.